The Morgan fingerprint density at radius 1 is 1.04 bits per heavy atom. The Morgan fingerprint density at radius 2 is 1.68 bits per heavy atom. The number of piperazine rings is 1. The second kappa shape index (κ2) is 8.16. The van der Waals surface area contributed by atoms with E-state index in [1.165, 1.54) is 12.1 Å². The summed E-state index contributed by atoms with van der Waals surface area (Å²) in [6.07, 6.45) is 0. The molecule has 3 rings (SSSR count). The zero-order valence-electron chi connectivity index (χ0n) is 14.2. The van der Waals surface area contributed by atoms with Crippen LogP contribution in [-0.2, 0) is 6.54 Å². The maximum absolute atomic E-state index is 13.0. The lowest BCUT2D eigenvalue weighted by Crippen LogP contribution is -2.51. The zero-order valence-corrected chi connectivity index (χ0v) is 15.1. The molecule has 0 aromatic heterocycles. The molecule has 1 saturated heterocycles. The summed E-state index contributed by atoms with van der Waals surface area (Å²) in [6.45, 7) is 4.14. The van der Waals surface area contributed by atoms with E-state index in [4.69, 9.17) is 17.0 Å². The molecule has 0 spiro atoms. The van der Waals surface area contributed by atoms with Gasteiger partial charge in [-0.3, -0.25) is 0 Å². The van der Waals surface area contributed by atoms with Crippen molar-refractivity contribution in [3.63, 3.8) is 0 Å². The number of nitrogens with zero attached hydrogens (tertiary/aromatic N) is 2. The van der Waals surface area contributed by atoms with Crippen molar-refractivity contribution in [2.45, 2.75) is 6.54 Å². The van der Waals surface area contributed by atoms with Gasteiger partial charge in [0.15, 0.2) is 5.11 Å². The van der Waals surface area contributed by atoms with Gasteiger partial charge in [-0.25, -0.2) is 4.39 Å². The van der Waals surface area contributed by atoms with Crippen LogP contribution in [0.1, 0.15) is 5.56 Å². The summed E-state index contributed by atoms with van der Waals surface area (Å²) in [5.41, 5.74) is 2.21. The lowest BCUT2D eigenvalue weighted by Gasteiger charge is -2.37. The molecule has 0 atom stereocenters. The summed E-state index contributed by atoms with van der Waals surface area (Å²) >= 11 is 5.52. The molecule has 1 heterocycles. The molecule has 6 heteroatoms. The van der Waals surface area contributed by atoms with Crippen molar-refractivity contribution in [1.82, 2.24) is 10.2 Å². The van der Waals surface area contributed by atoms with E-state index < -0.39 is 0 Å². The lowest BCUT2D eigenvalue weighted by atomic mass is 10.2. The Balaban J connectivity index is 1.47. The van der Waals surface area contributed by atoms with Gasteiger partial charge in [0, 0.05) is 38.4 Å². The first kappa shape index (κ1) is 17.5. The molecule has 1 aliphatic rings. The van der Waals surface area contributed by atoms with E-state index in [1.807, 2.05) is 36.4 Å². The molecular weight excluding hydrogens is 337 g/mol. The Hall–Kier alpha value is -2.34. The molecule has 0 radical (unpaired) electrons. The molecule has 4 nitrogen and oxygen atoms in total. The first-order chi connectivity index (χ1) is 12.2. The number of benzene rings is 2. The Kier molecular flexibility index (Phi) is 5.71. The minimum atomic E-state index is -0.203. The Morgan fingerprint density at radius 3 is 2.28 bits per heavy atom. The maximum Gasteiger partial charge on any atom is 0.169 e. The largest absolute Gasteiger partial charge is 0.497 e. The maximum atomic E-state index is 13.0. The minimum Gasteiger partial charge on any atom is -0.497 e. The van der Waals surface area contributed by atoms with Gasteiger partial charge in [0.2, 0.25) is 0 Å². The number of hydrogen-bond donors (Lipinski definition) is 1. The van der Waals surface area contributed by atoms with E-state index in [1.54, 1.807) is 7.11 Å². The van der Waals surface area contributed by atoms with Gasteiger partial charge < -0.3 is 19.9 Å². The molecule has 1 aliphatic heterocycles. The van der Waals surface area contributed by atoms with Crippen LogP contribution in [0.15, 0.2) is 48.5 Å². The summed E-state index contributed by atoms with van der Waals surface area (Å²) in [6, 6.07) is 14.6. The molecule has 0 unspecified atom stereocenters. The number of rotatable bonds is 4. The fraction of sp³-hybridized carbons (Fsp3) is 0.316. The van der Waals surface area contributed by atoms with E-state index in [9.17, 15) is 4.39 Å². The normalized spacial score (nSPS) is 14.3. The molecule has 2 aromatic carbocycles. The van der Waals surface area contributed by atoms with Crippen LogP contribution in [0.5, 0.6) is 5.75 Å². The van der Waals surface area contributed by atoms with Crippen molar-refractivity contribution in [3.8, 4) is 5.75 Å². The van der Waals surface area contributed by atoms with Crippen molar-refractivity contribution in [2.75, 3.05) is 38.2 Å². The number of hydrogen-bond acceptors (Lipinski definition) is 3. The van der Waals surface area contributed by atoms with E-state index in [0.717, 1.165) is 48.3 Å². The van der Waals surface area contributed by atoms with Crippen molar-refractivity contribution in [3.05, 3.63) is 59.9 Å². The lowest BCUT2D eigenvalue weighted by molar-refractivity contribution is 0.380. The van der Waals surface area contributed by atoms with Gasteiger partial charge in [0.1, 0.15) is 11.6 Å². The summed E-state index contributed by atoms with van der Waals surface area (Å²) in [4.78, 5) is 4.43. The topological polar surface area (TPSA) is 27.7 Å². The fourth-order valence-electron chi connectivity index (χ4n) is 2.85. The number of methoxy groups -OCH3 is 1. The summed E-state index contributed by atoms with van der Waals surface area (Å²) in [5, 5.41) is 4.09. The van der Waals surface area contributed by atoms with Crippen LogP contribution in [0.4, 0.5) is 10.1 Å². The second-order valence-corrected chi connectivity index (χ2v) is 6.34. The molecule has 0 aliphatic carbocycles. The van der Waals surface area contributed by atoms with Crippen LogP contribution >= 0.6 is 12.2 Å². The molecule has 2 aromatic rings. The van der Waals surface area contributed by atoms with Gasteiger partial charge in [-0.2, -0.15) is 0 Å². The molecule has 1 fully saturated rings. The van der Waals surface area contributed by atoms with Crippen LogP contribution in [0.3, 0.4) is 0 Å². The number of ether oxygens (including phenoxy) is 1. The molecule has 25 heavy (non-hydrogen) atoms. The van der Waals surface area contributed by atoms with Crippen molar-refractivity contribution in [2.24, 2.45) is 0 Å². The third kappa shape index (κ3) is 4.60. The number of thiocarbonyl (C=S) groups is 1. The van der Waals surface area contributed by atoms with E-state index >= 15 is 0 Å². The number of halogens is 1. The first-order valence-electron chi connectivity index (χ1n) is 8.32. The third-order valence-corrected chi connectivity index (χ3v) is 4.76. The molecule has 0 saturated carbocycles. The van der Waals surface area contributed by atoms with Crippen LogP contribution in [0, 0.1) is 5.82 Å². The second-order valence-electron chi connectivity index (χ2n) is 5.96. The van der Waals surface area contributed by atoms with Gasteiger partial charge in [0.25, 0.3) is 0 Å². The van der Waals surface area contributed by atoms with Gasteiger partial charge in [-0.15, -0.1) is 0 Å². The first-order valence-corrected chi connectivity index (χ1v) is 8.73. The summed E-state index contributed by atoms with van der Waals surface area (Å²) in [7, 11) is 1.66. The zero-order chi connectivity index (χ0) is 17.6. The van der Waals surface area contributed by atoms with Crippen molar-refractivity contribution < 1.29 is 9.13 Å². The minimum absolute atomic E-state index is 0.203. The average Bonchev–Trinajstić information content (AvgIpc) is 2.67. The third-order valence-electron chi connectivity index (χ3n) is 4.36. The number of anilines is 1. The Bertz CT molecular complexity index is 698. The monoisotopic (exact) mass is 359 g/mol. The predicted octanol–water partition coefficient (Wildman–Crippen LogP) is 3.03. The summed E-state index contributed by atoms with van der Waals surface area (Å²) < 4.78 is 18.2. The smallest absolute Gasteiger partial charge is 0.169 e. The molecule has 1 N–H and O–H groups in total. The fourth-order valence-corrected chi connectivity index (χ4v) is 3.11. The highest BCUT2D eigenvalue weighted by Crippen LogP contribution is 2.17. The van der Waals surface area contributed by atoms with Gasteiger partial charge in [-0.1, -0.05) is 12.1 Å². The van der Waals surface area contributed by atoms with Crippen LogP contribution < -0.4 is 15.0 Å². The van der Waals surface area contributed by atoms with E-state index in [0.29, 0.717) is 6.54 Å². The van der Waals surface area contributed by atoms with Crippen LogP contribution in [0.25, 0.3) is 0 Å². The van der Waals surface area contributed by atoms with Crippen LogP contribution in [-0.4, -0.2) is 43.3 Å². The highest BCUT2D eigenvalue weighted by Gasteiger charge is 2.19. The standard InChI is InChI=1S/C19H22FN3OS/c1-24-18-8-2-15(3-9-18)14-21-19(25)23-12-10-22(11-13-23)17-6-4-16(20)5-7-17/h2-9H,10-14H2,1H3,(H,21,25). The Labute approximate surface area is 153 Å². The quantitative estimate of drug-likeness (QED) is 0.847. The van der Waals surface area contributed by atoms with Crippen molar-refractivity contribution in [1.29, 1.82) is 0 Å². The van der Waals surface area contributed by atoms with Gasteiger partial charge in [0.05, 0.1) is 7.11 Å². The molecule has 0 bridgehead atoms. The van der Waals surface area contributed by atoms with Crippen LogP contribution in [0.2, 0.25) is 0 Å². The summed E-state index contributed by atoms with van der Waals surface area (Å²) in [5.74, 6) is 0.648. The van der Waals surface area contributed by atoms with Gasteiger partial charge in [-0.05, 0) is 54.2 Å². The number of nitrogens with one attached hydrogen (secondary N) is 1. The highest BCUT2D eigenvalue weighted by molar-refractivity contribution is 7.80. The average molecular weight is 359 g/mol. The molecule has 132 valence electrons. The molecular formula is C19H22FN3OS. The highest BCUT2D eigenvalue weighted by atomic mass is 32.1. The SMILES string of the molecule is COc1ccc(CNC(=S)N2CCN(c3ccc(F)cc3)CC2)cc1. The van der Waals surface area contributed by atoms with Gasteiger partial charge >= 0.3 is 0 Å². The van der Waals surface area contributed by atoms with E-state index in [2.05, 4.69) is 15.1 Å². The van der Waals surface area contributed by atoms with Crippen molar-refractivity contribution >= 4 is 23.0 Å². The predicted molar refractivity (Wildman–Crippen MR) is 103 cm³/mol. The molecule has 0 amide bonds. The van der Waals surface area contributed by atoms with E-state index in [-0.39, 0.29) is 5.82 Å².